The maximum absolute atomic E-state index is 5.55. The molecule has 5 nitrogen and oxygen atoms in total. The average Bonchev–Trinajstić information content (AvgIpc) is 3.11. The van der Waals surface area contributed by atoms with Crippen molar-refractivity contribution in [1.82, 2.24) is 14.8 Å². The first-order valence-electron chi connectivity index (χ1n) is 7.55. The van der Waals surface area contributed by atoms with Crippen LogP contribution in [0.2, 0.25) is 0 Å². The number of rotatable bonds is 5. The Balaban J connectivity index is 1.68. The van der Waals surface area contributed by atoms with E-state index in [0.29, 0.717) is 13.2 Å². The van der Waals surface area contributed by atoms with Crippen LogP contribution >= 0.6 is 0 Å². The van der Waals surface area contributed by atoms with Crippen molar-refractivity contribution in [3.63, 3.8) is 0 Å². The van der Waals surface area contributed by atoms with Gasteiger partial charge in [-0.05, 0) is 42.3 Å². The van der Waals surface area contributed by atoms with Crippen molar-refractivity contribution in [2.75, 3.05) is 20.3 Å². The van der Waals surface area contributed by atoms with Gasteiger partial charge in [-0.2, -0.15) is 5.10 Å². The number of methoxy groups -OCH3 is 1. The third kappa shape index (κ3) is 4.22. The standard InChI is InChI=1S/C19H17N3O2/c1-23-12-13-24-19-9-7-18(8-10-19)22-15-16(14-21-22)5-6-17-4-2-3-11-20-17/h2-4,7-11,14-15H,12-13H2,1H3. The Morgan fingerprint density at radius 2 is 1.92 bits per heavy atom. The summed E-state index contributed by atoms with van der Waals surface area (Å²) in [6.07, 6.45) is 5.35. The van der Waals surface area contributed by atoms with Crippen LogP contribution in [0.4, 0.5) is 0 Å². The van der Waals surface area contributed by atoms with Gasteiger partial charge in [-0.3, -0.25) is 0 Å². The SMILES string of the molecule is COCCOc1ccc(-n2cc(C#Cc3ccccn3)cn2)cc1. The molecule has 2 heterocycles. The van der Waals surface area contributed by atoms with Crippen LogP contribution in [-0.2, 0) is 4.74 Å². The van der Waals surface area contributed by atoms with Gasteiger partial charge in [0.15, 0.2) is 0 Å². The summed E-state index contributed by atoms with van der Waals surface area (Å²) >= 11 is 0. The molecule has 0 radical (unpaired) electrons. The van der Waals surface area contributed by atoms with Crippen molar-refractivity contribution in [2.45, 2.75) is 0 Å². The lowest BCUT2D eigenvalue weighted by Gasteiger charge is -2.06. The van der Waals surface area contributed by atoms with E-state index in [2.05, 4.69) is 21.9 Å². The first-order chi connectivity index (χ1) is 11.8. The van der Waals surface area contributed by atoms with Gasteiger partial charge in [0.05, 0.1) is 24.1 Å². The fourth-order valence-electron chi connectivity index (χ4n) is 2.04. The Morgan fingerprint density at radius 3 is 2.67 bits per heavy atom. The Hall–Kier alpha value is -3.10. The van der Waals surface area contributed by atoms with Crippen molar-refractivity contribution in [3.05, 3.63) is 72.3 Å². The van der Waals surface area contributed by atoms with E-state index in [1.807, 2.05) is 48.7 Å². The molecule has 0 atom stereocenters. The highest BCUT2D eigenvalue weighted by Gasteiger charge is 2.00. The van der Waals surface area contributed by atoms with Crippen LogP contribution in [0.15, 0.2) is 61.1 Å². The van der Waals surface area contributed by atoms with E-state index >= 15 is 0 Å². The molecule has 2 aromatic heterocycles. The summed E-state index contributed by atoms with van der Waals surface area (Å²) < 4.78 is 12.3. The summed E-state index contributed by atoms with van der Waals surface area (Å²) in [5.41, 5.74) is 2.52. The number of ether oxygens (including phenoxy) is 2. The minimum absolute atomic E-state index is 0.533. The highest BCUT2D eigenvalue weighted by Crippen LogP contribution is 2.15. The lowest BCUT2D eigenvalue weighted by atomic mass is 10.3. The van der Waals surface area contributed by atoms with Gasteiger partial charge >= 0.3 is 0 Å². The van der Waals surface area contributed by atoms with E-state index in [-0.39, 0.29) is 0 Å². The van der Waals surface area contributed by atoms with Crippen molar-refractivity contribution in [2.24, 2.45) is 0 Å². The smallest absolute Gasteiger partial charge is 0.119 e. The first kappa shape index (κ1) is 15.8. The monoisotopic (exact) mass is 319 g/mol. The van der Waals surface area contributed by atoms with E-state index in [9.17, 15) is 0 Å². The van der Waals surface area contributed by atoms with E-state index in [0.717, 1.165) is 22.7 Å². The molecule has 0 N–H and O–H groups in total. The number of aromatic nitrogens is 3. The lowest BCUT2D eigenvalue weighted by molar-refractivity contribution is 0.146. The van der Waals surface area contributed by atoms with Gasteiger partial charge in [-0.1, -0.05) is 12.0 Å². The predicted octanol–water partition coefficient (Wildman–Crippen LogP) is 2.69. The van der Waals surface area contributed by atoms with Crippen LogP contribution in [0.5, 0.6) is 5.75 Å². The Kier molecular flexibility index (Phi) is 5.23. The van der Waals surface area contributed by atoms with Crippen LogP contribution in [0, 0.1) is 11.8 Å². The van der Waals surface area contributed by atoms with E-state index in [1.54, 1.807) is 24.2 Å². The molecule has 0 fully saturated rings. The number of hydrogen-bond donors (Lipinski definition) is 0. The molecule has 3 aromatic rings. The predicted molar refractivity (Wildman–Crippen MR) is 91.2 cm³/mol. The number of pyridine rings is 1. The van der Waals surface area contributed by atoms with Gasteiger partial charge < -0.3 is 9.47 Å². The minimum atomic E-state index is 0.533. The Bertz CT molecular complexity index is 830. The highest BCUT2D eigenvalue weighted by molar-refractivity contribution is 5.41. The van der Waals surface area contributed by atoms with Gasteiger partial charge in [0, 0.05) is 19.5 Å². The van der Waals surface area contributed by atoms with E-state index < -0.39 is 0 Å². The fourth-order valence-corrected chi connectivity index (χ4v) is 2.04. The molecule has 0 aliphatic carbocycles. The Morgan fingerprint density at radius 1 is 1.04 bits per heavy atom. The quantitative estimate of drug-likeness (QED) is 0.536. The van der Waals surface area contributed by atoms with Crippen LogP contribution in [0.3, 0.4) is 0 Å². The summed E-state index contributed by atoms with van der Waals surface area (Å²) in [6, 6.07) is 13.4. The second kappa shape index (κ2) is 7.95. The molecule has 120 valence electrons. The highest BCUT2D eigenvalue weighted by atomic mass is 16.5. The van der Waals surface area contributed by atoms with Crippen LogP contribution < -0.4 is 4.74 Å². The third-order valence-electron chi connectivity index (χ3n) is 3.24. The van der Waals surface area contributed by atoms with Gasteiger partial charge in [-0.25, -0.2) is 9.67 Å². The lowest BCUT2D eigenvalue weighted by Crippen LogP contribution is -2.04. The van der Waals surface area contributed by atoms with Crippen molar-refractivity contribution in [3.8, 4) is 23.3 Å². The summed E-state index contributed by atoms with van der Waals surface area (Å²) in [7, 11) is 1.65. The molecule has 0 amide bonds. The van der Waals surface area contributed by atoms with Crippen molar-refractivity contribution < 1.29 is 9.47 Å². The number of nitrogens with zero attached hydrogens (tertiary/aromatic N) is 3. The molecular formula is C19H17N3O2. The second-order valence-corrected chi connectivity index (χ2v) is 4.97. The molecule has 0 spiro atoms. The van der Waals surface area contributed by atoms with Gasteiger partial charge in [0.2, 0.25) is 0 Å². The molecule has 0 aliphatic heterocycles. The molecule has 3 rings (SSSR count). The largest absolute Gasteiger partial charge is 0.491 e. The maximum Gasteiger partial charge on any atom is 0.119 e. The van der Waals surface area contributed by atoms with E-state index in [4.69, 9.17) is 9.47 Å². The molecular weight excluding hydrogens is 302 g/mol. The van der Waals surface area contributed by atoms with Crippen LogP contribution in [0.1, 0.15) is 11.3 Å². The number of hydrogen-bond acceptors (Lipinski definition) is 4. The molecule has 1 aromatic carbocycles. The summed E-state index contributed by atoms with van der Waals surface area (Å²) in [6.45, 7) is 1.10. The van der Waals surface area contributed by atoms with Crippen molar-refractivity contribution in [1.29, 1.82) is 0 Å². The van der Waals surface area contributed by atoms with Gasteiger partial charge in [-0.15, -0.1) is 0 Å². The molecule has 0 bridgehead atoms. The van der Waals surface area contributed by atoms with Crippen LogP contribution in [-0.4, -0.2) is 35.1 Å². The zero-order valence-electron chi connectivity index (χ0n) is 13.3. The second-order valence-electron chi connectivity index (χ2n) is 4.97. The zero-order chi connectivity index (χ0) is 16.6. The fraction of sp³-hybridized carbons (Fsp3) is 0.158. The molecule has 0 saturated carbocycles. The molecule has 0 aliphatic rings. The maximum atomic E-state index is 5.55. The number of benzene rings is 1. The minimum Gasteiger partial charge on any atom is -0.491 e. The van der Waals surface area contributed by atoms with Gasteiger partial charge in [0.1, 0.15) is 18.1 Å². The van der Waals surface area contributed by atoms with Crippen molar-refractivity contribution >= 4 is 0 Å². The van der Waals surface area contributed by atoms with Gasteiger partial charge in [0.25, 0.3) is 0 Å². The normalized spacial score (nSPS) is 10.0. The average molecular weight is 319 g/mol. The molecule has 0 saturated heterocycles. The van der Waals surface area contributed by atoms with E-state index in [1.165, 1.54) is 0 Å². The summed E-state index contributed by atoms with van der Waals surface area (Å²) in [5, 5.41) is 4.34. The topological polar surface area (TPSA) is 49.2 Å². The summed E-state index contributed by atoms with van der Waals surface area (Å²) in [4.78, 5) is 4.18. The first-order valence-corrected chi connectivity index (χ1v) is 7.55. The summed E-state index contributed by atoms with van der Waals surface area (Å²) in [5.74, 6) is 6.88. The third-order valence-corrected chi connectivity index (χ3v) is 3.24. The molecule has 24 heavy (non-hydrogen) atoms. The zero-order valence-corrected chi connectivity index (χ0v) is 13.3. The molecule has 0 unspecified atom stereocenters. The molecule has 5 heteroatoms. The van der Waals surface area contributed by atoms with Crippen LogP contribution in [0.25, 0.3) is 5.69 Å². The Labute approximate surface area is 140 Å².